The van der Waals surface area contributed by atoms with Gasteiger partial charge in [0, 0.05) is 32.2 Å². The number of benzene rings is 2. The largest absolute Gasteiger partial charge is 0.445 e. The Balaban J connectivity index is 0.00000261. The third kappa shape index (κ3) is 5.34. The lowest BCUT2D eigenvalue weighted by molar-refractivity contribution is 0.0941. The minimum absolute atomic E-state index is 0. The van der Waals surface area contributed by atoms with E-state index in [0.29, 0.717) is 31.9 Å². The predicted octanol–water partition coefficient (Wildman–Crippen LogP) is 3.73. The van der Waals surface area contributed by atoms with Crippen molar-refractivity contribution in [2.24, 2.45) is 5.73 Å². The summed E-state index contributed by atoms with van der Waals surface area (Å²) in [5.74, 6) is -0.278. The van der Waals surface area contributed by atoms with Gasteiger partial charge in [0.2, 0.25) is 0 Å². The molecule has 0 saturated carbocycles. The van der Waals surface area contributed by atoms with Gasteiger partial charge in [-0.25, -0.2) is 9.18 Å². The monoisotopic (exact) mass is 393 g/mol. The second-order valence-electron chi connectivity index (χ2n) is 6.51. The highest BCUT2D eigenvalue weighted by atomic mass is 35.5. The Morgan fingerprint density at radius 1 is 1.15 bits per heavy atom. The number of nitrogens with two attached hydrogens (primary N) is 1. The van der Waals surface area contributed by atoms with Gasteiger partial charge in [-0.15, -0.1) is 12.4 Å². The van der Waals surface area contributed by atoms with E-state index in [2.05, 4.69) is 0 Å². The van der Waals surface area contributed by atoms with Gasteiger partial charge in [0.05, 0.1) is 5.69 Å². The minimum Gasteiger partial charge on any atom is -0.445 e. The van der Waals surface area contributed by atoms with Crippen LogP contribution >= 0.6 is 12.4 Å². The van der Waals surface area contributed by atoms with E-state index in [0.717, 1.165) is 11.1 Å². The summed E-state index contributed by atoms with van der Waals surface area (Å²) in [5, 5.41) is 0. The molecule has 1 aliphatic rings. The number of carbonyl (C=O) groups excluding carboxylic acids is 1. The van der Waals surface area contributed by atoms with Crippen molar-refractivity contribution >= 4 is 24.2 Å². The number of ether oxygens (including phenoxy) is 1. The first kappa shape index (κ1) is 21.0. The first-order valence-electron chi connectivity index (χ1n) is 8.80. The normalized spacial score (nSPS) is 15.1. The third-order valence-corrected chi connectivity index (χ3v) is 4.58. The summed E-state index contributed by atoms with van der Waals surface area (Å²) < 4.78 is 19.7. The molecule has 146 valence electrons. The van der Waals surface area contributed by atoms with E-state index in [-0.39, 0.29) is 37.0 Å². The molecule has 3 rings (SSSR count). The van der Waals surface area contributed by atoms with Crippen LogP contribution in [0.2, 0.25) is 0 Å². The van der Waals surface area contributed by atoms with Crippen LogP contribution in [0.3, 0.4) is 0 Å². The number of nitrogens with zero attached hydrogens (tertiary/aromatic N) is 2. The van der Waals surface area contributed by atoms with E-state index in [1.807, 2.05) is 48.2 Å². The van der Waals surface area contributed by atoms with Gasteiger partial charge in [0.25, 0.3) is 0 Å². The van der Waals surface area contributed by atoms with Crippen molar-refractivity contribution in [1.82, 2.24) is 4.90 Å². The summed E-state index contributed by atoms with van der Waals surface area (Å²) in [5.41, 5.74) is 8.07. The lowest BCUT2D eigenvalue weighted by Gasteiger charge is -2.35. The Bertz CT molecular complexity index is 750. The Hall–Kier alpha value is -2.31. The fraction of sp³-hybridized carbons (Fsp3) is 0.350. The molecular weight excluding hydrogens is 369 g/mol. The van der Waals surface area contributed by atoms with E-state index in [1.165, 1.54) is 6.07 Å². The average molecular weight is 394 g/mol. The standard InChI is InChI=1S/C20H24FN3O2.ClH/c1-15(22)17-7-8-19(18(21)13-17)23-9-11-24(12-10-23)20(25)26-14-16-5-3-2-4-6-16;/h2-8,13,15H,9-12,14,22H2,1H3;1H/t15-;/m0./s1. The molecule has 1 heterocycles. The fourth-order valence-corrected chi connectivity index (χ4v) is 3.00. The number of hydrogen-bond acceptors (Lipinski definition) is 4. The van der Waals surface area contributed by atoms with Crippen LogP contribution in [0.5, 0.6) is 0 Å². The maximum atomic E-state index is 14.4. The summed E-state index contributed by atoms with van der Waals surface area (Å²) >= 11 is 0. The molecule has 0 unspecified atom stereocenters. The van der Waals surface area contributed by atoms with Crippen LogP contribution in [0, 0.1) is 5.82 Å². The summed E-state index contributed by atoms with van der Waals surface area (Å²) in [6, 6.07) is 14.5. The van der Waals surface area contributed by atoms with Gasteiger partial charge in [-0.1, -0.05) is 36.4 Å². The number of halogens is 2. The molecule has 1 atom stereocenters. The van der Waals surface area contributed by atoms with Crippen molar-refractivity contribution in [3.8, 4) is 0 Å². The van der Waals surface area contributed by atoms with Crippen molar-refractivity contribution in [1.29, 1.82) is 0 Å². The molecule has 5 nitrogen and oxygen atoms in total. The third-order valence-electron chi connectivity index (χ3n) is 4.58. The molecule has 2 aromatic rings. The summed E-state index contributed by atoms with van der Waals surface area (Å²) in [4.78, 5) is 15.8. The Morgan fingerprint density at radius 2 is 1.81 bits per heavy atom. The average Bonchev–Trinajstić information content (AvgIpc) is 2.67. The molecule has 1 saturated heterocycles. The Labute approximate surface area is 165 Å². The Kier molecular flexibility index (Phi) is 7.45. The molecule has 2 N–H and O–H groups in total. The SMILES string of the molecule is C[C@H](N)c1ccc(N2CCN(C(=O)OCc3ccccc3)CC2)c(F)c1.Cl. The number of carbonyl (C=O) groups is 1. The topological polar surface area (TPSA) is 58.8 Å². The highest BCUT2D eigenvalue weighted by molar-refractivity contribution is 5.85. The smallest absolute Gasteiger partial charge is 0.410 e. The molecule has 2 aromatic carbocycles. The van der Waals surface area contributed by atoms with Crippen LogP contribution in [0.25, 0.3) is 0 Å². The highest BCUT2D eigenvalue weighted by Crippen LogP contribution is 2.24. The molecule has 0 aromatic heterocycles. The zero-order chi connectivity index (χ0) is 18.5. The van der Waals surface area contributed by atoms with E-state index in [4.69, 9.17) is 10.5 Å². The lowest BCUT2D eigenvalue weighted by atomic mass is 10.1. The maximum absolute atomic E-state index is 14.4. The lowest BCUT2D eigenvalue weighted by Crippen LogP contribution is -2.49. The first-order chi connectivity index (χ1) is 12.5. The number of piperazine rings is 1. The number of hydrogen-bond donors (Lipinski definition) is 1. The van der Waals surface area contributed by atoms with Crippen molar-refractivity contribution in [2.45, 2.75) is 19.6 Å². The number of anilines is 1. The number of rotatable bonds is 4. The van der Waals surface area contributed by atoms with Crippen LogP contribution < -0.4 is 10.6 Å². The van der Waals surface area contributed by atoms with Crippen LogP contribution in [0.4, 0.5) is 14.9 Å². The minimum atomic E-state index is -0.332. The van der Waals surface area contributed by atoms with Crippen molar-refractivity contribution < 1.29 is 13.9 Å². The molecule has 27 heavy (non-hydrogen) atoms. The van der Waals surface area contributed by atoms with Crippen LogP contribution in [-0.2, 0) is 11.3 Å². The molecule has 0 radical (unpaired) electrons. The second kappa shape index (κ2) is 9.58. The van der Waals surface area contributed by atoms with Crippen molar-refractivity contribution in [3.05, 3.63) is 65.5 Å². The van der Waals surface area contributed by atoms with Crippen LogP contribution in [-0.4, -0.2) is 37.2 Å². The van der Waals surface area contributed by atoms with E-state index in [9.17, 15) is 9.18 Å². The molecule has 1 fully saturated rings. The molecule has 7 heteroatoms. The molecular formula is C20H25ClFN3O2. The van der Waals surface area contributed by atoms with Crippen molar-refractivity contribution in [2.75, 3.05) is 31.1 Å². The highest BCUT2D eigenvalue weighted by Gasteiger charge is 2.24. The summed E-state index contributed by atoms with van der Waals surface area (Å²) in [6.07, 6.45) is -0.332. The van der Waals surface area contributed by atoms with Gasteiger partial charge in [-0.3, -0.25) is 0 Å². The van der Waals surface area contributed by atoms with Gasteiger partial charge in [0.15, 0.2) is 0 Å². The van der Waals surface area contributed by atoms with E-state index < -0.39 is 0 Å². The van der Waals surface area contributed by atoms with Gasteiger partial charge in [-0.2, -0.15) is 0 Å². The van der Waals surface area contributed by atoms with Crippen LogP contribution in [0.15, 0.2) is 48.5 Å². The molecule has 0 aliphatic carbocycles. The first-order valence-corrected chi connectivity index (χ1v) is 8.80. The van der Waals surface area contributed by atoms with Gasteiger partial charge < -0.3 is 20.3 Å². The summed E-state index contributed by atoms with van der Waals surface area (Å²) in [6.45, 7) is 4.22. The van der Waals surface area contributed by atoms with Gasteiger partial charge >= 0.3 is 6.09 Å². The fourth-order valence-electron chi connectivity index (χ4n) is 3.00. The van der Waals surface area contributed by atoms with Gasteiger partial charge in [0.1, 0.15) is 12.4 Å². The summed E-state index contributed by atoms with van der Waals surface area (Å²) in [7, 11) is 0. The molecule has 0 spiro atoms. The van der Waals surface area contributed by atoms with Crippen LogP contribution in [0.1, 0.15) is 24.1 Å². The van der Waals surface area contributed by atoms with E-state index >= 15 is 0 Å². The molecule has 1 aliphatic heterocycles. The molecule has 1 amide bonds. The maximum Gasteiger partial charge on any atom is 0.410 e. The van der Waals surface area contributed by atoms with Crippen molar-refractivity contribution in [3.63, 3.8) is 0 Å². The zero-order valence-corrected chi connectivity index (χ0v) is 16.1. The molecule has 0 bridgehead atoms. The number of amides is 1. The quantitative estimate of drug-likeness (QED) is 0.859. The Morgan fingerprint density at radius 3 is 2.41 bits per heavy atom. The zero-order valence-electron chi connectivity index (χ0n) is 15.3. The van der Waals surface area contributed by atoms with Gasteiger partial charge in [-0.05, 0) is 30.2 Å². The second-order valence-corrected chi connectivity index (χ2v) is 6.51. The van der Waals surface area contributed by atoms with E-state index in [1.54, 1.807) is 11.0 Å². The predicted molar refractivity (Wildman–Crippen MR) is 107 cm³/mol.